The van der Waals surface area contributed by atoms with Crippen molar-refractivity contribution in [3.8, 4) is 0 Å². The van der Waals surface area contributed by atoms with Gasteiger partial charge in [0.2, 0.25) is 5.95 Å². The molecule has 3 heterocycles. The van der Waals surface area contributed by atoms with Crippen LogP contribution >= 0.6 is 12.4 Å². The summed E-state index contributed by atoms with van der Waals surface area (Å²) in [5.41, 5.74) is 0.178. The van der Waals surface area contributed by atoms with Gasteiger partial charge in [-0.05, 0) is 6.42 Å². The van der Waals surface area contributed by atoms with E-state index in [4.69, 9.17) is 4.74 Å². The quantitative estimate of drug-likeness (QED) is 0.657. The number of carbonyl (C=O) groups excluding carboxylic acids is 1. The Balaban J connectivity index is 0.00000192. The lowest BCUT2D eigenvalue weighted by atomic mass is 10.1. The SMILES string of the molecule is C=CCOC(=O)c1cnc(N2CC[C@@H]3NCC(F)(F)[C@@H]32)nc1.Cl. The second-order valence-corrected chi connectivity index (χ2v) is 5.33. The second-order valence-electron chi connectivity index (χ2n) is 5.33. The fourth-order valence-electron chi connectivity index (χ4n) is 2.92. The van der Waals surface area contributed by atoms with Crippen LogP contribution in [-0.2, 0) is 4.74 Å². The molecule has 6 nitrogen and oxygen atoms in total. The molecule has 0 unspecified atom stereocenters. The molecular formula is C14H17ClF2N4O2. The van der Waals surface area contributed by atoms with Crippen LogP contribution in [0.25, 0.3) is 0 Å². The van der Waals surface area contributed by atoms with E-state index >= 15 is 0 Å². The molecule has 0 bridgehead atoms. The van der Waals surface area contributed by atoms with Crippen LogP contribution in [0.4, 0.5) is 14.7 Å². The normalized spacial score (nSPS) is 24.7. The lowest BCUT2D eigenvalue weighted by Gasteiger charge is -2.27. The average molecular weight is 347 g/mol. The van der Waals surface area contributed by atoms with Crippen molar-refractivity contribution in [2.75, 3.05) is 24.6 Å². The molecule has 9 heteroatoms. The van der Waals surface area contributed by atoms with Gasteiger partial charge < -0.3 is 15.0 Å². The summed E-state index contributed by atoms with van der Waals surface area (Å²) in [6.07, 6.45) is 4.66. The molecule has 0 amide bonds. The van der Waals surface area contributed by atoms with Crippen molar-refractivity contribution in [2.45, 2.75) is 24.4 Å². The fourth-order valence-corrected chi connectivity index (χ4v) is 2.92. The van der Waals surface area contributed by atoms with Gasteiger partial charge in [-0.25, -0.2) is 23.5 Å². The molecule has 0 spiro atoms. The molecular weight excluding hydrogens is 330 g/mol. The Morgan fingerprint density at radius 1 is 1.52 bits per heavy atom. The summed E-state index contributed by atoms with van der Waals surface area (Å²) in [6.45, 7) is 3.66. The Bertz CT molecular complexity index is 585. The molecule has 1 aromatic rings. The maximum atomic E-state index is 13.9. The molecule has 0 saturated carbocycles. The number of halogens is 3. The van der Waals surface area contributed by atoms with Crippen LogP contribution < -0.4 is 10.2 Å². The van der Waals surface area contributed by atoms with Gasteiger partial charge in [-0.15, -0.1) is 12.4 Å². The zero-order valence-corrected chi connectivity index (χ0v) is 13.1. The van der Waals surface area contributed by atoms with E-state index in [0.717, 1.165) is 0 Å². The third-order valence-electron chi connectivity index (χ3n) is 3.89. The molecule has 0 aromatic carbocycles. The van der Waals surface area contributed by atoms with Gasteiger partial charge in [-0.1, -0.05) is 12.7 Å². The number of anilines is 1. The van der Waals surface area contributed by atoms with Crippen LogP contribution in [0.5, 0.6) is 0 Å². The van der Waals surface area contributed by atoms with Crippen molar-refractivity contribution >= 4 is 24.3 Å². The molecule has 1 aromatic heterocycles. The van der Waals surface area contributed by atoms with Crippen LogP contribution in [0.2, 0.25) is 0 Å². The lowest BCUT2D eigenvalue weighted by molar-refractivity contribution is 0.00583. The standard InChI is InChI=1S/C14H16F2N4O2.ClH/c1-2-5-22-12(21)9-6-17-13(18-7-9)20-4-3-10-11(20)14(15,16)8-19-10;/h2,6-7,10-11,19H,1,3-5,8H2;1H/t10-,11+;/m0./s1. The summed E-state index contributed by atoms with van der Waals surface area (Å²) in [4.78, 5) is 21.2. The van der Waals surface area contributed by atoms with E-state index in [9.17, 15) is 13.6 Å². The third kappa shape index (κ3) is 3.28. The Labute approximate surface area is 138 Å². The summed E-state index contributed by atoms with van der Waals surface area (Å²) in [5.74, 6) is -3.18. The summed E-state index contributed by atoms with van der Waals surface area (Å²) in [5, 5.41) is 2.83. The Hall–Kier alpha value is -1.80. The first-order valence-corrected chi connectivity index (χ1v) is 7.01. The molecule has 1 N–H and O–H groups in total. The van der Waals surface area contributed by atoms with Gasteiger partial charge in [0.25, 0.3) is 5.92 Å². The zero-order chi connectivity index (χ0) is 15.7. The van der Waals surface area contributed by atoms with Crippen molar-refractivity contribution in [2.24, 2.45) is 0 Å². The highest BCUT2D eigenvalue weighted by Crippen LogP contribution is 2.37. The molecule has 0 radical (unpaired) electrons. The van der Waals surface area contributed by atoms with E-state index in [2.05, 4.69) is 21.9 Å². The van der Waals surface area contributed by atoms with Gasteiger partial charge in [0, 0.05) is 25.0 Å². The first-order valence-electron chi connectivity index (χ1n) is 7.01. The number of esters is 1. The van der Waals surface area contributed by atoms with Crippen molar-refractivity contribution < 1.29 is 18.3 Å². The van der Waals surface area contributed by atoms with E-state index in [1.807, 2.05) is 0 Å². The predicted octanol–water partition coefficient (Wildman–Crippen LogP) is 1.43. The minimum absolute atomic E-state index is 0. The Morgan fingerprint density at radius 2 is 2.22 bits per heavy atom. The van der Waals surface area contributed by atoms with Gasteiger partial charge in [0.05, 0.1) is 12.1 Å². The van der Waals surface area contributed by atoms with Crippen LogP contribution in [0.1, 0.15) is 16.8 Å². The van der Waals surface area contributed by atoms with Crippen molar-refractivity contribution in [3.05, 3.63) is 30.6 Å². The molecule has 2 aliphatic rings. The van der Waals surface area contributed by atoms with Gasteiger partial charge in [-0.2, -0.15) is 0 Å². The van der Waals surface area contributed by atoms with Gasteiger partial charge in [-0.3, -0.25) is 0 Å². The zero-order valence-electron chi connectivity index (χ0n) is 12.2. The fraction of sp³-hybridized carbons (Fsp3) is 0.500. The van der Waals surface area contributed by atoms with Gasteiger partial charge >= 0.3 is 5.97 Å². The maximum absolute atomic E-state index is 13.9. The van der Waals surface area contributed by atoms with E-state index < -0.39 is 17.9 Å². The molecule has 2 saturated heterocycles. The lowest BCUT2D eigenvalue weighted by Crippen LogP contribution is -2.46. The van der Waals surface area contributed by atoms with Gasteiger partial charge in [0.1, 0.15) is 12.6 Å². The van der Waals surface area contributed by atoms with E-state index in [1.165, 1.54) is 23.4 Å². The van der Waals surface area contributed by atoms with Crippen molar-refractivity contribution in [3.63, 3.8) is 0 Å². The number of alkyl halides is 2. The molecule has 2 atom stereocenters. The largest absolute Gasteiger partial charge is 0.458 e. The first-order chi connectivity index (χ1) is 10.5. The molecule has 23 heavy (non-hydrogen) atoms. The third-order valence-corrected chi connectivity index (χ3v) is 3.89. The Morgan fingerprint density at radius 3 is 2.87 bits per heavy atom. The molecule has 2 fully saturated rings. The topological polar surface area (TPSA) is 67.3 Å². The number of carbonyl (C=O) groups is 1. The van der Waals surface area contributed by atoms with Crippen molar-refractivity contribution in [1.82, 2.24) is 15.3 Å². The predicted molar refractivity (Wildman–Crippen MR) is 82.2 cm³/mol. The minimum atomic E-state index is -2.81. The number of hydrogen-bond donors (Lipinski definition) is 1. The van der Waals surface area contributed by atoms with Gasteiger partial charge in [0.15, 0.2) is 0 Å². The number of aromatic nitrogens is 2. The smallest absolute Gasteiger partial charge is 0.341 e. The average Bonchev–Trinajstić information content (AvgIpc) is 3.07. The number of rotatable bonds is 4. The highest BCUT2D eigenvalue weighted by molar-refractivity contribution is 5.88. The van der Waals surface area contributed by atoms with Crippen molar-refractivity contribution in [1.29, 1.82) is 0 Å². The monoisotopic (exact) mass is 346 g/mol. The van der Waals surface area contributed by atoms with Crippen LogP contribution in [0.3, 0.4) is 0 Å². The van der Waals surface area contributed by atoms with Crippen LogP contribution in [0, 0.1) is 0 Å². The second kappa shape index (κ2) is 6.76. The minimum Gasteiger partial charge on any atom is -0.458 e. The first kappa shape index (κ1) is 17.6. The van der Waals surface area contributed by atoms with E-state index in [1.54, 1.807) is 0 Å². The molecule has 126 valence electrons. The number of nitrogens with zero attached hydrogens (tertiary/aromatic N) is 3. The number of nitrogens with one attached hydrogen (secondary N) is 1. The summed E-state index contributed by atoms with van der Waals surface area (Å²) in [6, 6.07) is -1.19. The summed E-state index contributed by atoms with van der Waals surface area (Å²) < 4.78 is 32.7. The highest BCUT2D eigenvalue weighted by atomic mass is 35.5. The summed E-state index contributed by atoms with van der Waals surface area (Å²) >= 11 is 0. The number of hydrogen-bond acceptors (Lipinski definition) is 6. The van der Waals surface area contributed by atoms with Crippen LogP contribution in [-0.4, -0.2) is 53.6 Å². The molecule has 2 aliphatic heterocycles. The number of fused-ring (bicyclic) bond motifs is 1. The highest BCUT2D eigenvalue weighted by Gasteiger charge is 2.56. The Kier molecular flexibility index (Phi) is 5.16. The van der Waals surface area contributed by atoms with E-state index in [-0.39, 0.29) is 43.1 Å². The van der Waals surface area contributed by atoms with Crippen LogP contribution in [0.15, 0.2) is 25.0 Å². The maximum Gasteiger partial charge on any atom is 0.341 e. The summed E-state index contributed by atoms with van der Waals surface area (Å²) in [7, 11) is 0. The molecule has 0 aliphatic carbocycles. The number of ether oxygens (including phenoxy) is 1. The molecule has 3 rings (SSSR count). The van der Waals surface area contributed by atoms with E-state index in [0.29, 0.717) is 13.0 Å².